The molecule has 2 fully saturated rings. The number of ether oxygens (including phenoxy) is 1. The summed E-state index contributed by atoms with van der Waals surface area (Å²) in [6, 6.07) is 4.21. The first-order valence-electron chi connectivity index (χ1n) is 8.93. The number of anilines is 1. The second-order valence-electron chi connectivity index (χ2n) is 7.01. The molecule has 1 aliphatic carbocycles. The van der Waals surface area contributed by atoms with Crippen molar-refractivity contribution in [3.05, 3.63) is 35.3 Å². The Morgan fingerprint density at radius 2 is 2.08 bits per heavy atom. The average Bonchev–Trinajstić information content (AvgIpc) is 3.26. The van der Waals surface area contributed by atoms with Crippen LogP contribution in [0.1, 0.15) is 48.4 Å². The van der Waals surface area contributed by atoms with Crippen LogP contribution in [-0.2, 0) is 17.7 Å². The van der Waals surface area contributed by atoms with Gasteiger partial charge in [-0.15, -0.1) is 5.10 Å². The molecule has 2 aliphatic rings. The fourth-order valence-electron chi connectivity index (χ4n) is 3.41. The molecule has 0 unspecified atom stereocenters. The summed E-state index contributed by atoms with van der Waals surface area (Å²) in [5, 5.41) is 7.92. The Kier molecular flexibility index (Phi) is 3.94. The fourth-order valence-corrected chi connectivity index (χ4v) is 3.41. The number of rotatable bonds is 6. The lowest BCUT2D eigenvalue weighted by Crippen LogP contribution is -2.48. The third kappa shape index (κ3) is 3.10. The van der Waals surface area contributed by atoms with Gasteiger partial charge < -0.3 is 9.64 Å². The summed E-state index contributed by atoms with van der Waals surface area (Å²) < 4.78 is 6.60. The van der Waals surface area contributed by atoms with Gasteiger partial charge in [0.1, 0.15) is 5.82 Å². The van der Waals surface area contributed by atoms with Crippen LogP contribution in [0.5, 0.6) is 0 Å². The van der Waals surface area contributed by atoms with E-state index in [9.17, 15) is 4.79 Å². The van der Waals surface area contributed by atoms with Crippen LogP contribution in [0.15, 0.2) is 18.3 Å². The van der Waals surface area contributed by atoms with Gasteiger partial charge in [-0.2, -0.15) is 0 Å². The van der Waals surface area contributed by atoms with Crippen LogP contribution in [0.4, 0.5) is 5.82 Å². The van der Waals surface area contributed by atoms with Crippen molar-refractivity contribution in [2.24, 2.45) is 5.41 Å². The van der Waals surface area contributed by atoms with E-state index in [-0.39, 0.29) is 5.69 Å². The van der Waals surface area contributed by atoms with E-state index in [2.05, 4.69) is 34.3 Å². The molecule has 2 aromatic heterocycles. The number of aromatic nitrogens is 4. The first-order valence-corrected chi connectivity index (χ1v) is 8.93. The number of carbonyl (C=O) groups excluding carboxylic acids is 1. The highest BCUT2D eigenvalue weighted by atomic mass is 16.5. The summed E-state index contributed by atoms with van der Waals surface area (Å²) in [7, 11) is 0. The number of hydrogen-bond acceptors (Lipinski definition) is 6. The van der Waals surface area contributed by atoms with Crippen LogP contribution in [0.3, 0.4) is 0 Å². The van der Waals surface area contributed by atoms with Crippen molar-refractivity contribution in [1.82, 2.24) is 20.0 Å². The highest BCUT2D eigenvalue weighted by Crippen LogP contribution is 2.53. The zero-order valence-corrected chi connectivity index (χ0v) is 14.7. The van der Waals surface area contributed by atoms with Crippen LogP contribution in [0, 0.1) is 5.41 Å². The second kappa shape index (κ2) is 6.13. The Hall–Kier alpha value is -2.44. The lowest BCUT2D eigenvalue weighted by molar-refractivity contribution is 0.0519. The fraction of sp³-hybridized carbons (Fsp3) is 0.556. The van der Waals surface area contributed by atoms with Crippen molar-refractivity contribution in [1.29, 1.82) is 0 Å². The summed E-state index contributed by atoms with van der Waals surface area (Å²) >= 11 is 0. The Bertz CT molecular complexity index is 789. The zero-order chi connectivity index (χ0) is 17.4. The lowest BCUT2D eigenvalue weighted by atomic mass is 9.97. The van der Waals surface area contributed by atoms with E-state index in [0.29, 0.717) is 18.6 Å². The van der Waals surface area contributed by atoms with E-state index in [1.54, 1.807) is 17.8 Å². The van der Waals surface area contributed by atoms with Gasteiger partial charge in [0.05, 0.1) is 19.3 Å². The van der Waals surface area contributed by atoms with Gasteiger partial charge in [-0.25, -0.2) is 14.5 Å². The molecule has 4 rings (SSSR count). The number of hydrogen-bond donors (Lipinski definition) is 0. The van der Waals surface area contributed by atoms with Gasteiger partial charge >= 0.3 is 5.97 Å². The van der Waals surface area contributed by atoms with E-state index < -0.39 is 5.97 Å². The number of esters is 1. The number of aryl methyl sites for hydroxylation is 1. The third-order valence-corrected chi connectivity index (χ3v) is 5.08. The predicted molar refractivity (Wildman–Crippen MR) is 92.6 cm³/mol. The Morgan fingerprint density at radius 1 is 1.28 bits per heavy atom. The molecule has 0 atom stereocenters. The van der Waals surface area contributed by atoms with Crippen LogP contribution in [0.25, 0.3) is 0 Å². The van der Waals surface area contributed by atoms with Crippen molar-refractivity contribution in [2.45, 2.75) is 39.7 Å². The monoisotopic (exact) mass is 341 g/mol. The molecule has 0 radical (unpaired) electrons. The molecule has 0 bridgehead atoms. The molecular weight excluding hydrogens is 318 g/mol. The molecule has 1 saturated carbocycles. The largest absolute Gasteiger partial charge is 0.461 e. The second-order valence-corrected chi connectivity index (χ2v) is 7.01. The average molecular weight is 341 g/mol. The molecule has 2 aromatic rings. The van der Waals surface area contributed by atoms with Gasteiger partial charge in [-0.1, -0.05) is 18.2 Å². The van der Waals surface area contributed by atoms with Gasteiger partial charge in [-0.3, -0.25) is 0 Å². The van der Waals surface area contributed by atoms with Crippen molar-refractivity contribution in [3.63, 3.8) is 0 Å². The summed E-state index contributed by atoms with van der Waals surface area (Å²) in [6.45, 7) is 7.05. The highest BCUT2D eigenvalue weighted by molar-refractivity contribution is 5.86. The smallest absolute Gasteiger partial charge is 0.360 e. The summed E-state index contributed by atoms with van der Waals surface area (Å²) in [5.41, 5.74) is 3.03. The molecule has 25 heavy (non-hydrogen) atoms. The third-order valence-electron chi connectivity index (χ3n) is 5.08. The van der Waals surface area contributed by atoms with E-state index in [0.717, 1.165) is 36.6 Å². The topological polar surface area (TPSA) is 73.1 Å². The van der Waals surface area contributed by atoms with E-state index >= 15 is 0 Å². The molecule has 0 N–H and O–H groups in total. The SMILES string of the molecule is CCOC(=O)c1cn(Cc2ccc(N3CC4(CC4)C3)nc2CC)nn1. The maximum absolute atomic E-state index is 11.7. The van der Waals surface area contributed by atoms with Gasteiger partial charge in [-0.05, 0) is 37.8 Å². The normalized spacial score (nSPS) is 17.4. The van der Waals surface area contributed by atoms with Gasteiger partial charge in [0.25, 0.3) is 0 Å². The standard InChI is InChI=1S/C18H23N5O2/c1-3-14-13(9-23-10-15(20-21-23)17(24)25-4-2)5-6-16(19-14)22-11-18(12-22)7-8-18/h5-6,10H,3-4,7-9,11-12H2,1-2H3. The molecule has 3 heterocycles. The van der Waals surface area contributed by atoms with Crippen molar-refractivity contribution in [3.8, 4) is 0 Å². The molecule has 7 nitrogen and oxygen atoms in total. The molecule has 0 aromatic carbocycles. The maximum atomic E-state index is 11.7. The quantitative estimate of drug-likeness (QED) is 0.749. The Labute approximate surface area is 147 Å². The molecule has 1 spiro atoms. The van der Waals surface area contributed by atoms with Gasteiger partial charge in [0.2, 0.25) is 0 Å². The summed E-state index contributed by atoms with van der Waals surface area (Å²) in [6.07, 6.45) is 5.23. The van der Waals surface area contributed by atoms with E-state index in [1.165, 1.54) is 12.8 Å². The van der Waals surface area contributed by atoms with E-state index in [1.807, 2.05) is 0 Å². The van der Waals surface area contributed by atoms with Crippen LogP contribution in [0.2, 0.25) is 0 Å². The Balaban J connectivity index is 1.47. The maximum Gasteiger partial charge on any atom is 0.360 e. The minimum Gasteiger partial charge on any atom is -0.461 e. The zero-order valence-electron chi connectivity index (χ0n) is 14.7. The minimum absolute atomic E-state index is 0.236. The number of pyridine rings is 1. The lowest BCUT2D eigenvalue weighted by Gasteiger charge is -2.41. The molecule has 1 saturated heterocycles. The van der Waals surface area contributed by atoms with Gasteiger partial charge in [0, 0.05) is 24.2 Å². The van der Waals surface area contributed by atoms with E-state index in [4.69, 9.17) is 9.72 Å². The first-order chi connectivity index (χ1) is 12.1. The number of carbonyl (C=O) groups is 1. The number of nitrogens with zero attached hydrogens (tertiary/aromatic N) is 5. The van der Waals surface area contributed by atoms with Gasteiger partial charge in [0.15, 0.2) is 5.69 Å². The van der Waals surface area contributed by atoms with Crippen LogP contribution >= 0.6 is 0 Å². The van der Waals surface area contributed by atoms with Crippen molar-refractivity contribution in [2.75, 3.05) is 24.6 Å². The minimum atomic E-state index is -0.440. The van der Waals surface area contributed by atoms with Crippen LogP contribution in [-0.4, -0.2) is 45.6 Å². The first kappa shape index (κ1) is 16.1. The molecule has 0 amide bonds. The molecule has 7 heteroatoms. The molecule has 132 valence electrons. The van der Waals surface area contributed by atoms with Crippen molar-refractivity contribution < 1.29 is 9.53 Å². The molecule has 1 aliphatic heterocycles. The summed E-state index contributed by atoms with van der Waals surface area (Å²) in [4.78, 5) is 18.9. The predicted octanol–water partition coefficient (Wildman–Crippen LogP) is 2.06. The van der Waals surface area contributed by atoms with Crippen molar-refractivity contribution >= 4 is 11.8 Å². The Morgan fingerprint density at radius 3 is 2.76 bits per heavy atom. The summed E-state index contributed by atoms with van der Waals surface area (Å²) in [5.74, 6) is 0.633. The highest BCUT2D eigenvalue weighted by Gasteiger charge is 2.52. The molecular formula is C18H23N5O2. The van der Waals surface area contributed by atoms with Crippen LogP contribution < -0.4 is 4.90 Å².